The van der Waals surface area contributed by atoms with Crippen molar-refractivity contribution in [3.8, 4) is 0 Å². The molecular weight excluding hydrogens is 462 g/mol. The summed E-state index contributed by atoms with van der Waals surface area (Å²) in [7, 11) is 0. The van der Waals surface area contributed by atoms with E-state index in [2.05, 4.69) is 44.8 Å². The predicted octanol–water partition coefficient (Wildman–Crippen LogP) is 2.84. The minimum absolute atomic E-state index is 0.201. The van der Waals surface area contributed by atoms with Crippen LogP contribution in [0.25, 0.3) is 10.9 Å². The Kier molecular flexibility index (Phi) is 6.88. The van der Waals surface area contributed by atoms with Crippen molar-refractivity contribution in [2.24, 2.45) is 0 Å². The monoisotopic (exact) mass is 491 g/mol. The molecule has 9 heteroatoms. The van der Waals surface area contributed by atoms with Crippen molar-refractivity contribution in [1.82, 2.24) is 19.8 Å². The Bertz CT molecular complexity index is 1320. The molecule has 0 radical (unpaired) electrons. The van der Waals surface area contributed by atoms with Crippen molar-refractivity contribution in [3.05, 3.63) is 69.8 Å². The molecular formula is C26H29N5O3S. The van der Waals surface area contributed by atoms with Gasteiger partial charge in [0.15, 0.2) is 0 Å². The Morgan fingerprint density at radius 3 is 2.54 bits per heavy atom. The molecule has 0 bridgehead atoms. The first kappa shape index (κ1) is 23.6. The number of carbonyl (C=O) groups is 2. The Balaban J connectivity index is 1.36. The molecule has 1 atom stereocenters. The summed E-state index contributed by atoms with van der Waals surface area (Å²) in [6.07, 6.45) is 0.490. The van der Waals surface area contributed by atoms with Gasteiger partial charge < -0.3 is 5.32 Å². The van der Waals surface area contributed by atoms with Gasteiger partial charge in [-0.15, -0.1) is 0 Å². The summed E-state index contributed by atoms with van der Waals surface area (Å²) < 4.78 is 1.42. The lowest BCUT2D eigenvalue weighted by Crippen LogP contribution is -2.45. The normalized spacial score (nSPS) is 19.1. The van der Waals surface area contributed by atoms with Gasteiger partial charge in [0.25, 0.3) is 5.56 Å². The first-order chi connectivity index (χ1) is 17.0. The van der Waals surface area contributed by atoms with E-state index in [9.17, 15) is 14.4 Å². The summed E-state index contributed by atoms with van der Waals surface area (Å²) in [6.45, 7) is 5.53. The number of rotatable bonds is 6. The van der Waals surface area contributed by atoms with Crippen LogP contribution in [0.3, 0.4) is 0 Å². The number of piperidine rings is 1. The quantitative estimate of drug-likeness (QED) is 0.512. The van der Waals surface area contributed by atoms with Gasteiger partial charge in [-0.05, 0) is 36.6 Å². The van der Waals surface area contributed by atoms with Crippen LogP contribution in [0, 0.1) is 6.92 Å². The molecule has 182 valence electrons. The summed E-state index contributed by atoms with van der Waals surface area (Å²) in [6, 6.07) is 13.4. The van der Waals surface area contributed by atoms with Crippen LogP contribution in [0.5, 0.6) is 0 Å². The van der Waals surface area contributed by atoms with Gasteiger partial charge in [-0.2, -0.15) is 11.8 Å². The van der Waals surface area contributed by atoms with Crippen LogP contribution >= 0.6 is 11.8 Å². The maximum absolute atomic E-state index is 13.6. The molecule has 2 N–H and O–H groups in total. The minimum atomic E-state index is -0.740. The molecule has 3 heterocycles. The van der Waals surface area contributed by atoms with E-state index in [4.69, 9.17) is 0 Å². The number of thioether (sulfide) groups is 1. The minimum Gasteiger partial charge on any atom is -0.380 e. The van der Waals surface area contributed by atoms with E-state index in [0.717, 1.165) is 25.2 Å². The van der Waals surface area contributed by atoms with Crippen molar-refractivity contribution in [2.45, 2.75) is 38.9 Å². The maximum Gasteiger partial charge on any atom is 0.264 e. The smallest absolute Gasteiger partial charge is 0.264 e. The Morgan fingerprint density at radius 2 is 1.80 bits per heavy atom. The fourth-order valence-electron chi connectivity index (χ4n) is 4.77. The molecule has 2 aliphatic rings. The maximum atomic E-state index is 13.6. The molecule has 0 saturated carbocycles. The number of nitrogens with one attached hydrogen (secondary N) is 2. The molecule has 0 aliphatic carbocycles. The van der Waals surface area contributed by atoms with Crippen LogP contribution in [0.1, 0.15) is 35.8 Å². The van der Waals surface area contributed by atoms with E-state index in [1.54, 1.807) is 13.0 Å². The summed E-state index contributed by atoms with van der Waals surface area (Å²) in [4.78, 5) is 44.7. The van der Waals surface area contributed by atoms with Crippen LogP contribution < -0.4 is 16.2 Å². The number of hydrogen-bond acceptors (Lipinski definition) is 7. The SMILES string of the molecule is Cc1nc2cccc(NCc3ccc(CN4CCSCC4)cc3)c2c(=O)n1C1CCC(=O)NC1=O. The second kappa shape index (κ2) is 10.2. The fourth-order valence-corrected chi connectivity index (χ4v) is 5.75. The van der Waals surface area contributed by atoms with Crippen LogP contribution in [0.2, 0.25) is 0 Å². The Morgan fingerprint density at radius 1 is 1.06 bits per heavy atom. The lowest BCUT2D eigenvalue weighted by Gasteiger charge is -2.26. The molecule has 2 saturated heterocycles. The Labute approximate surface area is 208 Å². The summed E-state index contributed by atoms with van der Waals surface area (Å²) in [5.74, 6) is 2.09. The third kappa shape index (κ3) is 5.11. The zero-order valence-corrected chi connectivity index (χ0v) is 20.6. The summed E-state index contributed by atoms with van der Waals surface area (Å²) >= 11 is 2.02. The second-order valence-electron chi connectivity index (χ2n) is 9.06. The van der Waals surface area contributed by atoms with Gasteiger partial charge in [0, 0.05) is 49.8 Å². The topological polar surface area (TPSA) is 96.3 Å². The van der Waals surface area contributed by atoms with Crippen molar-refractivity contribution in [2.75, 3.05) is 29.9 Å². The van der Waals surface area contributed by atoms with Crippen molar-refractivity contribution < 1.29 is 9.59 Å². The molecule has 2 aliphatic heterocycles. The van der Waals surface area contributed by atoms with Crippen molar-refractivity contribution in [1.29, 1.82) is 0 Å². The zero-order chi connectivity index (χ0) is 24.4. The van der Waals surface area contributed by atoms with E-state index >= 15 is 0 Å². The summed E-state index contributed by atoms with van der Waals surface area (Å²) in [5.41, 5.74) is 3.40. The second-order valence-corrected chi connectivity index (χ2v) is 10.3. The molecule has 2 fully saturated rings. The van der Waals surface area contributed by atoms with Crippen LogP contribution in [0.4, 0.5) is 5.69 Å². The van der Waals surface area contributed by atoms with Crippen LogP contribution in [-0.4, -0.2) is 50.9 Å². The highest BCUT2D eigenvalue weighted by Gasteiger charge is 2.30. The number of benzene rings is 2. The van der Waals surface area contributed by atoms with Gasteiger partial charge in [0.1, 0.15) is 11.9 Å². The third-order valence-corrected chi connectivity index (χ3v) is 7.59. The number of anilines is 1. The number of amides is 2. The number of carbonyl (C=O) groups excluding carboxylic acids is 2. The zero-order valence-electron chi connectivity index (χ0n) is 19.8. The van der Waals surface area contributed by atoms with Gasteiger partial charge in [-0.25, -0.2) is 4.98 Å². The summed E-state index contributed by atoms with van der Waals surface area (Å²) in [5, 5.41) is 6.18. The highest BCUT2D eigenvalue weighted by Crippen LogP contribution is 2.24. The van der Waals surface area contributed by atoms with Crippen molar-refractivity contribution >= 4 is 40.2 Å². The number of nitrogens with zero attached hydrogens (tertiary/aromatic N) is 3. The standard InChI is InChI=1S/C26H29N5O3S/c1-17-28-21-4-2-3-20(24(21)26(34)31(17)22-9-10-23(32)29-25(22)33)27-15-18-5-7-19(8-6-18)16-30-11-13-35-14-12-30/h2-8,22,27H,9-16H2,1H3,(H,29,32,33). The molecule has 8 nitrogen and oxygen atoms in total. The highest BCUT2D eigenvalue weighted by atomic mass is 32.2. The molecule has 35 heavy (non-hydrogen) atoms. The molecule has 3 aromatic rings. The van der Waals surface area contributed by atoms with Gasteiger partial charge in [-0.3, -0.25) is 29.2 Å². The van der Waals surface area contributed by atoms with Crippen LogP contribution in [0.15, 0.2) is 47.3 Å². The number of hydrogen-bond donors (Lipinski definition) is 2. The van der Waals surface area contributed by atoms with Gasteiger partial charge in [0.2, 0.25) is 11.8 Å². The first-order valence-electron chi connectivity index (χ1n) is 12.0. The average molecular weight is 492 g/mol. The predicted molar refractivity (Wildman–Crippen MR) is 139 cm³/mol. The van der Waals surface area contributed by atoms with Crippen LogP contribution in [-0.2, 0) is 22.7 Å². The Hall–Kier alpha value is -3.17. The van der Waals surface area contributed by atoms with Gasteiger partial charge in [-0.1, -0.05) is 30.3 Å². The number of imide groups is 1. The van der Waals surface area contributed by atoms with E-state index in [0.29, 0.717) is 29.0 Å². The van der Waals surface area contributed by atoms with E-state index in [1.165, 1.54) is 21.6 Å². The molecule has 0 spiro atoms. The molecule has 2 amide bonds. The van der Waals surface area contributed by atoms with E-state index in [1.807, 2.05) is 23.9 Å². The van der Waals surface area contributed by atoms with Gasteiger partial charge in [0.05, 0.1) is 10.9 Å². The number of aryl methyl sites for hydroxylation is 1. The number of fused-ring (bicyclic) bond motifs is 1. The lowest BCUT2D eigenvalue weighted by molar-refractivity contribution is -0.135. The first-order valence-corrected chi connectivity index (χ1v) is 13.1. The van der Waals surface area contributed by atoms with E-state index in [-0.39, 0.29) is 24.3 Å². The molecule has 5 rings (SSSR count). The molecule has 1 aromatic heterocycles. The average Bonchev–Trinajstić information content (AvgIpc) is 2.85. The largest absolute Gasteiger partial charge is 0.380 e. The van der Waals surface area contributed by atoms with Crippen molar-refractivity contribution in [3.63, 3.8) is 0 Å². The molecule has 2 aromatic carbocycles. The lowest BCUT2D eigenvalue weighted by atomic mass is 10.1. The third-order valence-electron chi connectivity index (χ3n) is 6.64. The van der Waals surface area contributed by atoms with E-state index < -0.39 is 11.9 Å². The fraction of sp³-hybridized carbons (Fsp3) is 0.385. The highest BCUT2D eigenvalue weighted by molar-refractivity contribution is 7.99. The number of aromatic nitrogens is 2. The molecule has 1 unspecified atom stereocenters. The van der Waals surface area contributed by atoms with Gasteiger partial charge >= 0.3 is 0 Å².